The maximum atomic E-state index is 11.6. The Balaban J connectivity index is 2.34. The Labute approximate surface area is 101 Å². The Bertz CT molecular complexity index is 363. The fraction of sp³-hybridized carbons (Fsp3) is 0.308. The summed E-state index contributed by atoms with van der Waals surface area (Å²) in [6.07, 6.45) is 3.57. The molecule has 0 saturated heterocycles. The van der Waals surface area contributed by atoms with E-state index in [1.165, 1.54) is 0 Å². The van der Waals surface area contributed by atoms with Crippen LogP contribution in [0.25, 0.3) is 0 Å². The summed E-state index contributed by atoms with van der Waals surface area (Å²) in [6.45, 7) is 2.64. The van der Waals surface area contributed by atoms with Gasteiger partial charge in [0.1, 0.15) is 6.61 Å². The maximum absolute atomic E-state index is 11.6. The Hall–Kier alpha value is -1.65. The highest BCUT2D eigenvalue weighted by atomic mass is 16.5. The van der Waals surface area contributed by atoms with E-state index in [4.69, 9.17) is 10.6 Å². The third-order valence-corrected chi connectivity index (χ3v) is 2.26. The second-order valence-corrected chi connectivity index (χ2v) is 3.72. The van der Waals surface area contributed by atoms with Crippen molar-refractivity contribution in [1.29, 1.82) is 0 Å². The predicted molar refractivity (Wildman–Crippen MR) is 66.7 cm³/mol. The molecule has 0 amide bonds. The molecule has 1 aromatic rings. The van der Waals surface area contributed by atoms with Gasteiger partial charge in [-0.3, -0.25) is 16.1 Å². The first-order chi connectivity index (χ1) is 8.24. The van der Waals surface area contributed by atoms with E-state index in [1.807, 2.05) is 30.3 Å². The first-order valence-electron chi connectivity index (χ1n) is 5.54. The van der Waals surface area contributed by atoms with Gasteiger partial charge in [0.15, 0.2) is 0 Å². The van der Waals surface area contributed by atoms with Crippen LogP contribution in [0.3, 0.4) is 0 Å². The summed E-state index contributed by atoms with van der Waals surface area (Å²) in [5, 5.41) is 0. The molecule has 0 aliphatic rings. The molecule has 0 bridgehead atoms. The first-order valence-corrected chi connectivity index (χ1v) is 5.54. The fourth-order valence-corrected chi connectivity index (χ4v) is 1.28. The number of ether oxygens (including phenoxy) is 1. The molecule has 4 nitrogen and oxygen atoms in total. The van der Waals surface area contributed by atoms with E-state index in [0.29, 0.717) is 13.2 Å². The molecule has 0 fully saturated rings. The van der Waals surface area contributed by atoms with Crippen molar-refractivity contribution >= 4 is 5.97 Å². The van der Waals surface area contributed by atoms with E-state index in [-0.39, 0.29) is 11.9 Å². The van der Waals surface area contributed by atoms with Crippen LogP contribution >= 0.6 is 0 Å². The minimum Gasteiger partial charge on any atom is -0.460 e. The number of benzene rings is 1. The second-order valence-electron chi connectivity index (χ2n) is 3.72. The number of hydrogen-bond acceptors (Lipinski definition) is 4. The monoisotopic (exact) mass is 234 g/mol. The topological polar surface area (TPSA) is 64.3 Å². The summed E-state index contributed by atoms with van der Waals surface area (Å²) in [5.41, 5.74) is 3.47. The van der Waals surface area contributed by atoms with Crippen molar-refractivity contribution in [3.05, 3.63) is 48.0 Å². The van der Waals surface area contributed by atoms with Crippen LogP contribution in [-0.4, -0.2) is 12.5 Å². The van der Waals surface area contributed by atoms with Gasteiger partial charge in [-0.05, 0) is 12.5 Å². The maximum Gasteiger partial charge on any atom is 0.312 e. The smallest absolute Gasteiger partial charge is 0.312 e. The number of nitrogens with two attached hydrogens (primary N) is 1. The van der Waals surface area contributed by atoms with E-state index in [0.717, 1.165) is 5.56 Å². The molecular formula is C13H18N2O2. The lowest BCUT2D eigenvalue weighted by atomic mass is 10.1. The standard InChI is InChI=1S/C13H18N2O2/c1-11(6-5-9-15-14)13(16)17-10-12-7-3-2-4-8-12/h2-8,11,15H,9-10,14H2,1H3/b6-5-. The van der Waals surface area contributed by atoms with Crippen LogP contribution < -0.4 is 11.3 Å². The number of carbonyl (C=O) groups is 1. The van der Waals surface area contributed by atoms with Crippen molar-refractivity contribution in [2.45, 2.75) is 13.5 Å². The van der Waals surface area contributed by atoms with E-state index in [1.54, 1.807) is 19.1 Å². The second kappa shape index (κ2) is 7.60. The zero-order valence-corrected chi connectivity index (χ0v) is 9.93. The first kappa shape index (κ1) is 13.4. The summed E-state index contributed by atoms with van der Waals surface area (Å²) in [4.78, 5) is 11.6. The Morgan fingerprint density at radius 1 is 1.47 bits per heavy atom. The summed E-state index contributed by atoms with van der Waals surface area (Å²) in [6, 6.07) is 9.60. The van der Waals surface area contributed by atoms with Gasteiger partial charge in [0, 0.05) is 6.54 Å². The number of rotatable bonds is 6. The molecule has 0 saturated carbocycles. The van der Waals surface area contributed by atoms with Gasteiger partial charge in [-0.25, -0.2) is 0 Å². The molecule has 92 valence electrons. The average molecular weight is 234 g/mol. The van der Waals surface area contributed by atoms with Crippen LogP contribution in [-0.2, 0) is 16.1 Å². The summed E-state index contributed by atoms with van der Waals surface area (Å²) in [5.74, 6) is 4.62. The quantitative estimate of drug-likeness (QED) is 0.338. The van der Waals surface area contributed by atoms with Gasteiger partial charge >= 0.3 is 5.97 Å². The zero-order valence-electron chi connectivity index (χ0n) is 9.93. The van der Waals surface area contributed by atoms with Crippen molar-refractivity contribution in [2.24, 2.45) is 11.8 Å². The molecular weight excluding hydrogens is 216 g/mol. The molecule has 0 heterocycles. The van der Waals surface area contributed by atoms with Gasteiger partial charge in [0.25, 0.3) is 0 Å². The SMILES string of the molecule is CC(/C=C\CNN)C(=O)OCc1ccccc1. The fourth-order valence-electron chi connectivity index (χ4n) is 1.28. The van der Waals surface area contributed by atoms with Crippen LogP contribution in [0.2, 0.25) is 0 Å². The Morgan fingerprint density at radius 2 is 2.18 bits per heavy atom. The van der Waals surface area contributed by atoms with Crippen LogP contribution in [0, 0.1) is 5.92 Å². The van der Waals surface area contributed by atoms with Crippen LogP contribution in [0.5, 0.6) is 0 Å². The van der Waals surface area contributed by atoms with E-state index < -0.39 is 0 Å². The lowest BCUT2D eigenvalue weighted by Gasteiger charge is -2.07. The molecule has 0 aliphatic heterocycles. The van der Waals surface area contributed by atoms with Gasteiger partial charge in [-0.2, -0.15) is 0 Å². The average Bonchev–Trinajstić information content (AvgIpc) is 2.37. The van der Waals surface area contributed by atoms with Crippen LogP contribution in [0.15, 0.2) is 42.5 Å². The number of hydrogen-bond donors (Lipinski definition) is 2. The lowest BCUT2D eigenvalue weighted by Crippen LogP contribution is -2.21. The molecule has 17 heavy (non-hydrogen) atoms. The molecule has 1 unspecified atom stereocenters. The van der Waals surface area contributed by atoms with Crippen LogP contribution in [0.4, 0.5) is 0 Å². The highest BCUT2D eigenvalue weighted by molar-refractivity contribution is 5.73. The van der Waals surface area contributed by atoms with Gasteiger partial charge in [0.05, 0.1) is 5.92 Å². The van der Waals surface area contributed by atoms with Gasteiger partial charge in [-0.1, -0.05) is 42.5 Å². The number of hydrazine groups is 1. The minimum atomic E-state index is -0.257. The molecule has 3 N–H and O–H groups in total. The molecule has 1 atom stereocenters. The van der Waals surface area contributed by atoms with E-state index in [9.17, 15) is 4.79 Å². The molecule has 4 heteroatoms. The molecule has 0 aliphatic carbocycles. The highest BCUT2D eigenvalue weighted by Crippen LogP contribution is 2.05. The molecule has 0 radical (unpaired) electrons. The number of carbonyl (C=O) groups excluding carboxylic acids is 1. The van der Waals surface area contributed by atoms with Gasteiger partial charge in [0.2, 0.25) is 0 Å². The van der Waals surface area contributed by atoms with E-state index >= 15 is 0 Å². The minimum absolute atomic E-state index is 0.234. The highest BCUT2D eigenvalue weighted by Gasteiger charge is 2.10. The van der Waals surface area contributed by atoms with Crippen molar-refractivity contribution in [1.82, 2.24) is 5.43 Å². The summed E-state index contributed by atoms with van der Waals surface area (Å²) in [7, 11) is 0. The third kappa shape index (κ3) is 5.29. The molecule has 0 aromatic heterocycles. The van der Waals surface area contributed by atoms with Crippen molar-refractivity contribution in [2.75, 3.05) is 6.54 Å². The Morgan fingerprint density at radius 3 is 2.82 bits per heavy atom. The van der Waals surface area contributed by atoms with Crippen molar-refractivity contribution in [3.8, 4) is 0 Å². The van der Waals surface area contributed by atoms with Gasteiger partial charge in [-0.15, -0.1) is 0 Å². The normalized spacial score (nSPS) is 12.6. The molecule has 1 rings (SSSR count). The van der Waals surface area contributed by atoms with E-state index in [2.05, 4.69) is 5.43 Å². The lowest BCUT2D eigenvalue weighted by molar-refractivity contribution is -0.147. The van der Waals surface area contributed by atoms with Gasteiger partial charge < -0.3 is 4.74 Å². The third-order valence-electron chi connectivity index (χ3n) is 2.26. The summed E-state index contributed by atoms with van der Waals surface area (Å²) < 4.78 is 5.18. The number of esters is 1. The molecule has 0 spiro atoms. The zero-order chi connectivity index (χ0) is 12.5. The largest absolute Gasteiger partial charge is 0.460 e. The Kier molecular flexibility index (Phi) is 5.99. The molecule has 1 aromatic carbocycles. The van der Waals surface area contributed by atoms with Crippen LogP contribution in [0.1, 0.15) is 12.5 Å². The predicted octanol–water partition coefficient (Wildman–Crippen LogP) is 1.39. The van der Waals surface area contributed by atoms with Crippen molar-refractivity contribution < 1.29 is 9.53 Å². The summed E-state index contributed by atoms with van der Waals surface area (Å²) >= 11 is 0. The number of nitrogens with one attached hydrogen (secondary N) is 1. The van der Waals surface area contributed by atoms with Crippen molar-refractivity contribution in [3.63, 3.8) is 0 Å².